The van der Waals surface area contributed by atoms with E-state index in [-0.39, 0.29) is 18.3 Å². The smallest absolute Gasteiger partial charge is 0.260 e. The second kappa shape index (κ2) is 12.2. The lowest BCUT2D eigenvalue weighted by Gasteiger charge is -2.32. The number of aryl methyl sites for hydroxylation is 1. The van der Waals surface area contributed by atoms with Gasteiger partial charge in [-0.2, -0.15) is 0 Å². The van der Waals surface area contributed by atoms with Crippen molar-refractivity contribution in [3.8, 4) is 0 Å². The van der Waals surface area contributed by atoms with Crippen molar-refractivity contribution in [1.29, 1.82) is 0 Å². The summed E-state index contributed by atoms with van der Waals surface area (Å²) in [6.07, 6.45) is 11.4. The molecule has 1 aromatic carbocycles. The van der Waals surface area contributed by atoms with E-state index in [9.17, 15) is 9.18 Å². The van der Waals surface area contributed by atoms with Gasteiger partial charge in [0, 0.05) is 13.1 Å². The predicted octanol–water partition coefficient (Wildman–Crippen LogP) is 6.00. The van der Waals surface area contributed by atoms with Crippen LogP contribution in [0, 0.1) is 11.7 Å². The molecule has 1 amide bonds. The molecular weight excluding hydrogens is 377 g/mol. The summed E-state index contributed by atoms with van der Waals surface area (Å²) in [5, 5.41) is 0. The van der Waals surface area contributed by atoms with E-state index in [2.05, 4.69) is 6.58 Å². The monoisotopic (exact) mass is 411 g/mol. The highest BCUT2D eigenvalue weighted by Gasteiger charge is 2.23. The van der Waals surface area contributed by atoms with Crippen molar-refractivity contribution >= 4 is 5.91 Å². The summed E-state index contributed by atoms with van der Waals surface area (Å²) in [4.78, 5) is 14.5. The molecule has 4 heteroatoms. The topological polar surface area (TPSA) is 29.5 Å². The number of rotatable bonds is 9. The molecule has 0 radical (unpaired) electrons. The quantitative estimate of drug-likeness (QED) is 0.369. The third-order valence-electron chi connectivity index (χ3n) is 5.70. The molecule has 1 heterocycles. The van der Waals surface area contributed by atoms with Crippen molar-refractivity contribution in [3.63, 3.8) is 0 Å². The van der Waals surface area contributed by atoms with Gasteiger partial charge in [0.05, 0.1) is 0 Å². The highest BCUT2D eigenvalue weighted by Crippen LogP contribution is 2.23. The van der Waals surface area contributed by atoms with Gasteiger partial charge in [0.25, 0.3) is 5.91 Å². The van der Waals surface area contributed by atoms with Crippen LogP contribution < -0.4 is 0 Å². The Morgan fingerprint density at radius 1 is 1.30 bits per heavy atom. The van der Waals surface area contributed by atoms with Crippen molar-refractivity contribution in [2.45, 2.75) is 46.5 Å². The van der Waals surface area contributed by atoms with E-state index in [0.29, 0.717) is 11.7 Å². The first-order valence-corrected chi connectivity index (χ1v) is 10.7. The summed E-state index contributed by atoms with van der Waals surface area (Å²) in [5.74, 6) is 1.14. The average Bonchev–Trinajstić information content (AvgIpc) is 2.75. The molecule has 162 valence electrons. The summed E-state index contributed by atoms with van der Waals surface area (Å²) in [6, 6.07) is 6.83. The average molecular weight is 412 g/mol. The van der Waals surface area contributed by atoms with Crippen LogP contribution >= 0.6 is 0 Å². The van der Waals surface area contributed by atoms with Gasteiger partial charge in [-0.05, 0) is 87.3 Å². The highest BCUT2D eigenvalue weighted by molar-refractivity contribution is 5.77. The van der Waals surface area contributed by atoms with Crippen LogP contribution in [-0.2, 0) is 16.0 Å². The SMILES string of the molecule is C=C/C=C(C)/C(C)=C(/C=C\C)OCC(=O)N1CCC(CCc2cccc(F)c2)CC1. The first-order valence-electron chi connectivity index (χ1n) is 10.7. The number of likely N-dealkylation sites (tertiary alicyclic amines) is 1. The van der Waals surface area contributed by atoms with Crippen LogP contribution in [-0.4, -0.2) is 30.5 Å². The van der Waals surface area contributed by atoms with Crippen LogP contribution in [0.3, 0.4) is 0 Å². The van der Waals surface area contributed by atoms with Gasteiger partial charge in [0.1, 0.15) is 11.6 Å². The molecule has 30 heavy (non-hydrogen) atoms. The summed E-state index contributed by atoms with van der Waals surface area (Å²) in [7, 11) is 0. The normalized spacial score (nSPS) is 16.5. The number of carbonyl (C=O) groups is 1. The molecule has 0 N–H and O–H groups in total. The van der Waals surface area contributed by atoms with Gasteiger partial charge in [-0.15, -0.1) is 0 Å². The third-order valence-corrected chi connectivity index (χ3v) is 5.70. The number of benzene rings is 1. The van der Waals surface area contributed by atoms with E-state index < -0.39 is 0 Å². The van der Waals surface area contributed by atoms with Crippen LogP contribution in [0.25, 0.3) is 0 Å². The van der Waals surface area contributed by atoms with E-state index in [1.807, 2.05) is 50.0 Å². The molecule has 3 nitrogen and oxygen atoms in total. The lowest BCUT2D eigenvalue weighted by atomic mass is 9.90. The fourth-order valence-corrected chi connectivity index (χ4v) is 3.69. The van der Waals surface area contributed by atoms with Crippen LogP contribution in [0.5, 0.6) is 0 Å². The Bertz CT molecular complexity index is 814. The Morgan fingerprint density at radius 2 is 2.03 bits per heavy atom. The standard InChI is InChI=1S/C26H34FNO2/c1-5-8-20(3)21(4)25(9-6-2)30-19-26(29)28-16-14-22(15-17-28)12-13-23-10-7-11-24(27)18-23/h5-11,18,22H,1,12-17,19H2,2-4H3/b9-6-,20-8+,25-21-. The fraction of sp³-hybridized carbons (Fsp3) is 0.423. The first-order chi connectivity index (χ1) is 14.4. The Morgan fingerprint density at radius 3 is 2.67 bits per heavy atom. The number of amides is 1. The van der Waals surface area contributed by atoms with Gasteiger partial charge in [-0.1, -0.05) is 36.9 Å². The van der Waals surface area contributed by atoms with Crippen molar-refractivity contribution in [2.75, 3.05) is 19.7 Å². The second-order valence-electron chi connectivity index (χ2n) is 7.86. The first kappa shape index (κ1) is 23.7. The minimum absolute atomic E-state index is 0.0266. The second-order valence-corrected chi connectivity index (χ2v) is 7.86. The molecule has 1 aromatic rings. The van der Waals surface area contributed by atoms with Crippen LogP contribution in [0.1, 0.15) is 45.6 Å². The minimum atomic E-state index is -0.176. The molecule has 1 aliphatic rings. The molecule has 0 atom stereocenters. The van der Waals surface area contributed by atoms with Crippen molar-refractivity contribution in [1.82, 2.24) is 4.90 Å². The summed E-state index contributed by atoms with van der Waals surface area (Å²) in [5.41, 5.74) is 3.10. The van der Waals surface area contributed by atoms with Gasteiger partial charge in [-0.25, -0.2) is 4.39 Å². The lowest BCUT2D eigenvalue weighted by Crippen LogP contribution is -2.40. The Balaban J connectivity index is 1.82. The molecule has 1 saturated heterocycles. The van der Waals surface area contributed by atoms with Crippen LogP contribution in [0.15, 0.2) is 72.1 Å². The fourth-order valence-electron chi connectivity index (χ4n) is 3.69. The van der Waals surface area contributed by atoms with E-state index in [1.165, 1.54) is 6.07 Å². The van der Waals surface area contributed by atoms with E-state index in [0.717, 1.165) is 55.5 Å². The Labute approximate surface area is 180 Å². The highest BCUT2D eigenvalue weighted by atomic mass is 19.1. The van der Waals surface area contributed by atoms with Crippen LogP contribution in [0.4, 0.5) is 4.39 Å². The van der Waals surface area contributed by atoms with Gasteiger partial charge in [0.15, 0.2) is 6.61 Å². The number of allylic oxidation sites excluding steroid dienone is 6. The maximum atomic E-state index is 13.3. The number of nitrogens with zero attached hydrogens (tertiary/aromatic N) is 1. The lowest BCUT2D eigenvalue weighted by molar-refractivity contribution is -0.136. The zero-order valence-corrected chi connectivity index (χ0v) is 18.5. The van der Waals surface area contributed by atoms with E-state index >= 15 is 0 Å². The Hall–Kier alpha value is -2.62. The summed E-state index contributed by atoms with van der Waals surface area (Å²) in [6.45, 7) is 11.2. The maximum Gasteiger partial charge on any atom is 0.260 e. The van der Waals surface area contributed by atoms with E-state index in [1.54, 1.807) is 18.2 Å². The minimum Gasteiger partial charge on any atom is -0.484 e. The molecule has 1 aliphatic heterocycles. The van der Waals surface area contributed by atoms with Gasteiger partial charge in [-0.3, -0.25) is 4.79 Å². The summed E-state index contributed by atoms with van der Waals surface area (Å²) >= 11 is 0. The predicted molar refractivity (Wildman–Crippen MR) is 121 cm³/mol. The molecule has 2 rings (SSSR count). The van der Waals surface area contributed by atoms with Crippen LogP contribution in [0.2, 0.25) is 0 Å². The largest absolute Gasteiger partial charge is 0.484 e. The molecule has 0 unspecified atom stereocenters. The Kier molecular flexibility index (Phi) is 9.59. The number of hydrogen-bond acceptors (Lipinski definition) is 2. The molecule has 0 bridgehead atoms. The molecule has 0 aliphatic carbocycles. The molecule has 0 aromatic heterocycles. The van der Waals surface area contributed by atoms with Crippen molar-refractivity contribution < 1.29 is 13.9 Å². The number of halogens is 1. The van der Waals surface area contributed by atoms with Gasteiger partial charge < -0.3 is 9.64 Å². The van der Waals surface area contributed by atoms with E-state index in [4.69, 9.17) is 4.74 Å². The zero-order chi connectivity index (χ0) is 21.9. The number of carbonyl (C=O) groups excluding carboxylic acids is 1. The number of ether oxygens (including phenoxy) is 1. The number of hydrogen-bond donors (Lipinski definition) is 0. The van der Waals surface area contributed by atoms with Gasteiger partial charge >= 0.3 is 0 Å². The third kappa shape index (κ3) is 7.33. The van der Waals surface area contributed by atoms with Crippen molar-refractivity contribution in [3.05, 3.63) is 83.4 Å². The van der Waals surface area contributed by atoms with Gasteiger partial charge in [0.2, 0.25) is 0 Å². The number of piperidine rings is 1. The maximum absolute atomic E-state index is 13.3. The molecule has 0 saturated carbocycles. The zero-order valence-electron chi connectivity index (χ0n) is 18.5. The molecular formula is C26H34FNO2. The summed E-state index contributed by atoms with van der Waals surface area (Å²) < 4.78 is 19.2. The van der Waals surface area contributed by atoms with Crippen molar-refractivity contribution in [2.24, 2.45) is 5.92 Å². The molecule has 0 spiro atoms. The molecule has 1 fully saturated rings.